The number of amides is 1. The number of rotatable bonds is 16. The van der Waals surface area contributed by atoms with E-state index in [0.29, 0.717) is 50.6 Å². The molecule has 2 heterocycles. The number of carbonyl (C=O) groups is 3. The first-order valence-corrected chi connectivity index (χ1v) is 19.8. The van der Waals surface area contributed by atoms with E-state index in [9.17, 15) is 27.2 Å². The molecule has 0 saturated carbocycles. The molecule has 2 aliphatic heterocycles. The predicted octanol–water partition coefficient (Wildman–Crippen LogP) is 6.11. The lowest BCUT2D eigenvalue weighted by atomic mass is 9.78. The van der Waals surface area contributed by atoms with Gasteiger partial charge in [0.25, 0.3) is 0 Å². The van der Waals surface area contributed by atoms with Crippen molar-refractivity contribution in [1.82, 2.24) is 4.72 Å². The van der Waals surface area contributed by atoms with Gasteiger partial charge >= 0.3 is 11.9 Å². The highest BCUT2D eigenvalue weighted by molar-refractivity contribution is 7.88. The van der Waals surface area contributed by atoms with Crippen LogP contribution in [0.25, 0.3) is 0 Å². The van der Waals surface area contributed by atoms with Gasteiger partial charge in [0.05, 0.1) is 31.4 Å². The Bertz CT molecular complexity index is 1840. The molecule has 0 radical (unpaired) electrons. The number of β-lactam (4-membered cyclic amide) rings is 1. The molecule has 5 rings (SSSR count). The molecule has 2 saturated heterocycles. The molecule has 1 unspecified atom stereocenters. The van der Waals surface area contributed by atoms with E-state index >= 15 is 0 Å². The van der Waals surface area contributed by atoms with Crippen molar-refractivity contribution in [3.05, 3.63) is 101 Å². The summed E-state index contributed by atoms with van der Waals surface area (Å²) >= 11 is 0. The fourth-order valence-corrected chi connectivity index (χ4v) is 7.40. The standard InChI is InChI=1S/C40H49FN2O9S/c1-27(44)51-36(31-14-16-33(41)17-15-31)21-20-35-37(43(38(35)46)34-18-10-29(11-19-34)7-6-24-42-53(5,47)48)32-12-8-30(9-13-32)22-23-40(52-28(2)45)25-49-39(3,4)50-26-40/h8-19,35-37,42H,6-7,20-26H2,1-5H3/t35?,36-,37-/m1/s1. The first kappa shape index (κ1) is 40.0. The van der Waals surface area contributed by atoms with Gasteiger partial charge in [-0.25, -0.2) is 17.5 Å². The maximum Gasteiger partial charge on any atom is 0.303 e. The second-order valence-electron chi connectivity index (χ2n) is 14.4. The van der Waals surface area contributed by atoms with E-state index in [1.807, 2.05) is 62.4 Å². The van der Waals surface area contributed by atoms with Crippen molar-refractivity contribution in [2.45, 2.75) is 89.8 Å². The topological polar surface area (TPSA) is 138 Å². The molecule has 1 N–H and O–H groups in total. The first-order chi connectivity index (χ1) is 25.0. The minimum Gasteiger partial charge on any atom is -0.458 e. The number of benzene rings is 3. The smallest absolute Gasteiger partial charge is 0.303 e. The van der Waals surface area contributed by atoms with Gasteiger partial charge in [-0.05, 0) is 98.9 Å². The molecule has 286 valence electrons. The highest BCUT2D eigenvalue weighted by Crippen LogP contribution is 2.47. The summed E-state index contributed by atoms with van der Waals surface area (Å²) < 4.78 is 62.0. The van der Waals surface area contributed by atoms with Gasteiger partial charge in [-0.15, -0.1) is 0 Å². The number of esters is 2. The van der Waals surface area contributed by atoms with Crippen LogP contribution in [0, 0.1) is 11.7 Å². The Morgan fingerprint density at radius 2 is 1.53 bits per heavy atom. The Kier molecular flexibility index (Phi) is 12.7. The maximum absolute atomic E-state index is 13.9. The van der Waals surface area contributed by atoms with E-state index in [0.717, 1.165) is 28.6 Å². The van der Waals surface area contributed by atoms with E-state index in [-0.39, 0.29) is 25.2 Å². The van der Waals surface area contributed by atoms with Crippen LogP contribution in [0.1, 0.15) is 87.8 Å². The average molecular weight is 753 g/mol. The average Bonchev–Trinajstić information content (AvgIpc) is 3.09. The summed E-state index contributed by atoms with van der Waals surface area (Å²) in [6.45, 7) is 7.12. The van der Waals surface area contributed by atoms with Crippen LogP contribution < -0.4 is 9.62 Å². The summed E-state index contributed by atoms with van der Waals surface area (Å²) in [7, 11) is -3.25. The number of hydrogen-bond donors (Lipinski definition) is 1. The summed E-state index contributed by atoms with van der Waals surface area (Å²) in [5.41, 5.74) is 3.44. The Hall–Kier alpha value is -4.17. The Morgan fingerprint density at radius 1 is 0.925 bits per heavy atom. The number of carbonyl (C=O) groups excluding carboxylic acids is 3. The highest BCUT2D eigenvalue weighted by atomic mass is 32.2. The van der Waals surface area contributed by atoms with Crippen molar-refractivity contribution in [2.24, 2.45) is 5.92 Å². The molecule has 3 aromatic rings. The second-order valence-corrected chi connectivity index (χ2v) is 16.3. The zero-order chi connectivity index (χ0) is 38.4. The monoisotopic (exact) mass is 752 g/mol. The van der Waals surface area contributed by atoms with Crippen molar-refractivity contribution in [1.29, 1.82) is 0 Å². The third-order valence-corrected chi connectivity index (χ3v) is 10.4. The van der Waals surface area contributed by atoms with Crippen LogP contribution in [0.3, 0.4) is 0 Å². The van der Waals surface area contributed by atoms with Crippen molar-refractivity contribution in [3.8, 4) is 0 Å². The zero-order valence-corrected chi connectivity index (χ0v) is 31.7. The fourth-order valence-electron chi connectivity index (χ4n) is 6.88. The Labute approximate surface area is 311 Å². The number of aryl methyl sites for hydroxylation is 2. The van der Waals surface area contributed by atoms with Crippen LogP contribution in [0.2, 0.25) is 0 Å². The van der Waals surface area contributed by atoms with Gasteiger partial charge < -0.3 is 23.8 Å². The normalized spacial score (nSPS) is 20.0. The Morgan fingerprint density at radius 3 is 2.11 bits per heavy atom. The van der Waals surface area contributed by atoms with Crippen molar-refractivity contribution in [2.75, 3.05) is 30.9 Å². The van der Waals surface area contributed by atoms with E-state index in [2.05, 4.69) is 4.72 Å². The first-order valence-electron chi connectivity index (χ1n) is 17.9. The molecule has 3 atom stereocenters. The van der Waals surface area contributed by atoms with Gasteiger partial charge in [0, 0.05) is 26.1 Å². The lowest BCUT2D eigenvalue weighted by Gasteiger charge is -2.48. The van der Waals surface area contributed by atoms with Crippen molar-refractivity contribution < 1.29 is 46.1 Å². The minimum absolute atomic E-state index is 0.0617. The molecular formula is C40H49FN2O9S. The molecule has 3 aromatic carbocycles. The van der Waals surface area contributed by atoms with Gasteiger partial charge in [0.15, 0.2) is 11.4 Å². The van der Waals surface area contributed by atoms with Crippen LogP contribution in [-0.4, -0.2) is 63.7 Å². The number of hydrogen-bond acceptors (Lipinski definition) is 9. The summed E-state index contributed by atoms with van der Waals surface area (Å²) in [5.74, 6) is -2.50. The third kappa shape index (κ3) is 10.9. The number of anilines is 1. The van der Waals surface area contributed by atoms with Crippen LogP contribution in [-0.2, 0) is 56.2 Å². The molecule has 2 aliphatic rings. The van der Waals surface area contributed by atoms with Crippen LogP contribution in [0.4, 0.5) is 10.1 Å². The number of ether oxygens (including phenoxy) is 4. The van der Waals surface area contributed by atoms with E-state index in [1.54, 1.807) is 17.0 Å². The third-order valence-electron chi connectivity index (χ3n) is 9.64. The largest absolute Gasteiger partial charge is 0.458 e. The predicted molar refractivity (Wildman–Crippen MR) is 197 cm³/mol. The highest BCUT2D eigenvalue weighted by Gasteiger charge is 2.49. The number of halogens is 1. The molecule has 53 heavy (non-hydrogen) atoms. The van der Waals surface area contributed by atoms with E-state index in [4.69, 9.17) is 18.9 Å². The minimum atomic E-state index is -3.25. The lowest BCUT2D eigenvalue weighted by Crippen LogP contribution is -2.55. The Balaban J connectivity index is 1.34. The van der Waals surface area contributed by atoms with Crippen molar-refractivity contribution in [3.63, 3.8) is 0 Å². The van der Waals surface area contributed by atoms with E-state index in [1.165, 1.54) is 26.0 Å². The quantitative estimate of drug-likeness (QED) is 0.104. The molecule has 0 bridgehead atoms. The lowest BCUT2D eigenvalue weighted by molar-refractivity contribution is -0.305. The molecule has 2 fully saturated rings. The van der Waals surface area contributed by atoms with Gasteiger partial charge in [0.1, 0.15) is 11.9 Å². The molecule has 11 nitrogen and oxygen atoms in total. The molecular weight excluding hydrogens is 704 g/mol. The molecule has 0 aromatic heterocycles. The molecule has 0 aliphatic carbocycles. The summed E-state index contributed by atoms with van der Waals surface area (Å²) in [4.78, 5) is 39.7. The van der Waals surface area contributed by atoms with Gasteiger partial charge in [-0.2, -0.15) is 0 Å². The van der Waals surface area contributed by atoms with Gasteiger partial charge in [0.2, 0.25) is 15.9 Å². The summed E-state index contributed by atoms with van der Waals surface area (Å²) in [6, 6.07) is 21.2. The molecule has 0 spiro atoms. The maximum atomic E-state index is 13.9. The fraction of sp³-hybridized carbons (Fsp3) is 0.475. The van der Waals surface area contributed by atoms with Crippen LogP contribution >= 0.6 is 0 Å². The van der Waals surface area contributed by atoms with E-state index < -0.39 is 51.2 Å². The SMILES string of the molecule is CC(=O)O[C@H](CCC1C(=O)N(c2ccc(CCCNS(C)(=O)=O)cc2)[C@@H]1c1ccc(CCC2(OC(C)=O)COC(C)(C)OC2)cc1)c1ccc(F)cc1. The van der Waals surface area contributed by atoms with Gasteiger partial charge in [-0.3, -0.25) is 14.4 Å². The van der Waals surface area contributed by atoms with Gasteiger partial charge in [-0.1, -0.05) is 48.5 Å². The summed E-state index contributed by atoms with van der Waals surface area (Å²) in [5, 5.41) is 0. The van der Waals surface area contributed by atoms with Crippen LogP contribution in [0.5, 0.6) is 0 Å². The molecule has 13 heteroatoms. The second kappa shape index (κ2) is 16.9. The number of nitrogens with one attached hydrogen (secondary N) is 1. The number of nitrogens with zero attached hydrogens (tertiary/aromatic N) is 1. The number of sulfonamides is 1. The molecule has 1 amide bonds. The van der Waals surface area contributed by atoms with Crippen molar-refractivity contribution >= 4 is 33.6 Å². The summed E-state index contributed by atoms with van der Waals surface area (Å²) in [6.07, 6.45) is 3.66. The van der Waals surface area contributed by atoms with Crippen LogP contribution in [0.15, 0.2) is 72.8 Å². The zero-order valence-electron chi connectivity index (χ0n) is 30.9.